The van der Waals surface area contributed by atoms with Crippen LogP contribution in [0.15, 0.2) is 11.4 Å². The summed E-state index contributed by atoms with van der Waals surface area (Å²) < 4.78 is 0. The van der Waals surface area contributed by atoms with Crippen molar-refractivity contribution in [1.82, 2.24) is 0 Å². The van der Waals surface area contributed by atoms with Crippen LogP contribution in [0.3, 0.4) is 0 Å². The van der Waals surface area contributed by atoms with Crippen LogP contribution in [0, 0.1) is 0 Å². The Morgan fingerprint density at radius 2 is 2.14 bits per heavy atom. The van der Waals surface area contributed by atoms with E-state index < -0.39 is 16.7 Å². The maximum atomic E-state index is 11.0. The van der Waals surface area contributed by atoms with Gasteiger partial charge in [0.25, 0.3) is 5.91 Å². The van der Waals surface area contributed by atoms with Crippen LogP contribution in [0.25, 0.3) is 0 Å². The minimum atomic E-state index is -1.21. The molecule has 1 amide bonds. The predicted molar refractivity (Wildman–Crippen MR) is 55.4 cm³/mol. The second-order valence-corrected chi connectivity index (χ2v) is 4.27. The van der Waals surface area contributed by atoms with Gasteiger partial charge in [0.2, 0.25) is 0 Å². The zero-order chi connectivity index (χ0) is 10.7. The fourth-order valence-corrected chi connectivity index (χ4v) is 1.56. The number of hydrogen-bond donors (Lipinski definition) is 2. The van der Waals surface area contributed by atoms with Gasteiger partial charge in [-0.25, -0.2) is 4.79 Å². The zero-order valence-corrected chi connectivity index (χ0v) is 8.99. The molecule has 0 unspecified atom stereocenters. The normalized spacial score (nSPS) is 10.2. The Bertz CT molecular complexity index is 364. The van der Waals surface area contributed by atoms with Crippen LogP contribution in [0.1, 0.15) is 9.67 Å². The van der Waals surface area contributed by atoms with Gasteiger partial charge in [0.1, 0.15) is 4.88 Å². The summed E-state index contributed by atoms with van der Waals surface area (Å²) in [6.45, 7) is 0. The molecule has 76 valence electrons. The summed E-state index contributed by atoms with van der Waals surface area (Å²) >= 11 is 11.6. The van der Waals surface area contributed by atoms with E-state index in [4.69, 9.17) is 28.3 Å². The highest BCUT2D eigenvalue weighted by Gasteiger charge is 2.17. The van der Waals surface area contributed by atoms with Crippen molar-refractivity contribution in [1.29, 1.82) is 0 Å². The predicted octanol–water partition coefficient (Wildman–Crippen LogP) is 2.19. The number of carboxylic acids is 1. The average Bonchev–Trinajstić information content (AvgIpc) is 2.52. The van der Waals surface area contributed by atoms with Gasteiger partial charge >= 0.3 is 5.97 Å². The minimum absolute atomic E-state index is 0.0485. The molecule has 0 aliphatic heterocycles. The van der Waals surface area contributed by atoms with Gasteiger partial charge in [0, 0.05) is 0 Å². The molecule has 1 aromatic heterocycles. The number of alkyl halides is 2. The number of nitrogens with one attached hydrogen (secondary N) is 1. The van der Waals surface area contributed by atoms with Crippen molar-refractivity contribution >= 4 is 52.1 Å². The van der Waals surface area contributed by atoms with E-state index in [0.29, 0.717) is 0 Å². The molecular formula is C7H5Cl2NO3S. The molecule has 2 N–H and O–H groups in total. The van der Waals surface area contributed by atoms with Gasteiger partial charge in [-0.1, -0.05) is 23.2 Å². The van der Waals surface area contributed by atoms with Crippen LogP contribution < -0.4 is 5.32 Å². The number of carboxylic acid groups (broad SMARTS) is 1. The van der Waals surface area contributed by atoms with Gasteiger partial charge in [-0.05, 0) is 11.4 Å². The maximum Gasteiger partial charge on any atom is 0.348 e. The van der Waals surface area contributed by atoms with Crippen LogP contribution in [-0.2, 0) is 4.79 Å². The molecule has 0 atom stereocenters. The molecule has 1 rings (SSSR count). The fraction of sp³-hybridized carbons (Fsp3) is 0.143. The lowest BCUT2D eigenvalue weighted by molar-refractivity contribution is -0.114. The fourth-order valence-electron chi connectivity index (χ4n) is 0.761. The standard InChI is InChI=1S/C7H5Cl2NO3S/c8-5(9)6(11)10-3-1-2-14-4(3)7(12)13/h1-2,5H,(H,10,11)(H,12,13). The summed E-state index contributed by atoms with van der Waals surface area (Å²) in [4.78, 5) is 20.5. The Morgan fingerprint density at radius 3 is 2.64 bits per heavy atom. The van der Waals surface area contributed by atoms with E-state index in [2.05, 4.69) is 5.32 Å². The lowest BCUT2D eigenvalue weighted by Gasteiger charge is -2.03. The summed E-state index contributed by atoms with van der Waals surface area (Å²) in [5, 5.41) is 12.5. The molecule has 0 aliphatic carbocycles. The van der Waals surface area contributed by atoms with Crippen molar-refractivity contribution in [3.05, 3.63) is 16.3 Å². The second kappa shape index (κ2) is 4.63. The third kappa shape index (κ3) is 2.60. The summed E-state index contributed by atoms with van der Waals surface area (Å²) in [6, 6.07) is 1.47. The van der Waals surface area contributed by atoms with Crippen LogP contribution in [0.4, 0.5) is 5.69 Å². The first-order valence-electron chi connectivity index (χ1n) is 3.42. The van der Waals surface area contributed by atoms with E-state index >= 15 is 0 Å². The van der Waals surface area contributed by atoms with Crippen molar-refractivity contribution in [2.45, 2.75) is 4.84 Å². The molecule has 0 saturated carbocycles. The topological polar surface area (TPSA) is 66.4 Å². The Morgan fingerprint density at radius 1 is 1.50 bits per heavy atom. The molecule has 7 heteroatoms. The highest BCUT2D eigenvalue weighted by molar-refractivity contribution is 7.12. The van der Waals surface area contributed by atoms with Gasteiger partial charge in [0.15, 0.2) is 4.84 Å². The highest BCUT2D eigenvalue weighted by Crippen LogP contribution is 2.22. The molecule has 0 radical (unpaired) electrons. The summed E-state index contributed by atoms with van der Waals surface area (Å²) in [7, 11) is 0. The maximum absolute atomic E-state index is 11.0. The van der Waals surface area contributed by atoms with Gasteiger partial charge in [-0.3, -0.25) is 4.79 Å². The highest BCUT2D eigenvalue weighted by atomic mass is 35.5. The average molecular weight is 254 g/mol. The number of halogens is 2. The van der Waals surface area contributed by atoms with E-state index in [1.54, 1.807) is 5.38 Å². The van der Waals surface area contributed by atoms with Crippen LogP contribution in [0.5, 0.6) is 0 Å². The molecule has 14 heavy (non-hydrogen) atoms. The SMILES string of the molecule is O=C(O)c1sccc1NC(=O)C(Cl)Cl. The molecule has 4 nitrogen and oxygen atoms in total. The molecule has 0 fully saturated rings. The van der Waals surface area contributed by atoms with Crippen LogP contribution in [-0.4, -0.2) is 21.8 Å². The molecule has 1 heterocycles. The minimum Gasteiger partial charge on any atom is -0.477 e. The van der Waals surface area contributed by atoms with Gasteiger partial charge in [-0.2, -0.15) is 0 Å². The van der Waals surface area contributed by atoms with E-state index in [0.717, 1.165) is 11.3 Å². The second-order valence-electron chi connectivity index (χ2n) is 2.26. The van der Waals surface area contributed by atoms with Crippen molar-refractivity contribution in [2.24, 2.45) is 0 Å². The van der Waals surface area contributed by atoms with Crippen molar-refractivity contribution in [2.75, 3.05) is 5.32 Å². The first kappa shape index (κ1) is 11.3. The number of amides is 1. The van der Waals surface area contributed by atoms with Crippen molar-refractivity contribution in [3.63, 3.8) is 0 Å². The van der Waals surface area contributed by atoms with Crippen LogP contribution >= 0.6 is 34.5 Å². The van der Waals surface area contributed by atoms with E-state index in [9.17, 15) is 9.59 Å². The van der Waals surface area contributed by atoms with E-state index in [1.165, 1.54) is 6.07 Å². The number of anilines is 1. The van der Waals surface area contributed by atoms with Gasteiger partial charge in [-0.15, -0.1) is 11.3 Å². The largest absolute Gasteiger partial charge is 0.477 e. The third-order valence-corrected chi connectivity index (χ3v) is 2.61. The molecular weight excluding hydrogens is 249 g/mol. The van der Waals surface area contributed by atoms with Gasteiger partial charge < -0.3 is 10.4 Å². The lowest BCUT2D eigenvalue weighted by atomic mass is 10.4. The van der Waals surface area contributed by atoms with Crippen molar-refractivity contribution < 1.29 is 14.7 Å². The van der Waals surface area contributed by atoms with Gasteiger partial charge in [0.05, 0.1) is 5.69 Å². The van der Waals surface area contributed by atoms with Crippen LogP contribution in [0.2, 0.25) is 0 Å². The lowest BCUT2D eigenvalue weighted by Crippen LogP contribution is -2.19. The first-order chi connectivity index (χ1) is 6.52. The molecule has 0 saturated heterocycles. The molecule has 0 bridgehead atoms. The first-order valence-corrected chi connectivity index (χ1v) is 5.17. The Balaban J connectivity index is 2.82. The number of rotatable bonds is 3. The molecule has 0 spiro atoms. The number of thiophene rings is 1. The number of hydrogen-bond acceptors (Lipinski definition) is 3. The Kier molecular flexibility index (Phi) is 3.74. The number of aromatic carboxylic acids is 1. The monoisotopic (exact) mass is 253 g/mol. The number of carbonyl (C=O) groups is 2. The summed E-state index contributed by atoms with van der Waals surface area (Å²) in [5.41, 5.74) is 0.207. The Labute approximate surface area is 93.4 Å². The summed E-state index contributed by atoms with van der Waals surface area (Å²) in [6.07, 6.45) is 0. The van der Waals surface area contributed by atoms with E-state index in [-0.39, 0.29) is 10.6 Å². The number of carbonyl (C=O) groups excluding carboxylic acids is 1. The molecule has 1 aromatic rings. The molecule has 0 aromatic carbocycles. The van der Waals surface area contributed by atoms with E-state index in [1.807, 2.05) is 0 Å². The quantitative estimate of drug-likeness (QED) is 0.812. The van der Waals surface area contributed by atoms with Crippen molar-refractivity contribution in [3.8, 4) is 0 Å². The zero-order valence-electron chi connectivity index (χ0n) is 6.66. The smallest absolute Gasteiger partial charge is 0.348 e. The summed E-state index contributed by atoms with van der Waals surface area (Å²) in [5.74, 6) is -1.75. The Hall–Kier alpha value is -0.780. The third-order valence-electron chi connectivity index (χ3n) is 1.32. The molecule has 0 aliphatic rings.